The van der Waals surface area contributed by atoms with Crippen LogP contribution in [0.4, 0.5) is 0 Å². The second-order valence-corrected chi connectivity index (χ2v) is 4.14. The summed E-state index contributed by atoms with van der Waals surface area (Å²) in [4.78, 5) is 4.21. The van der Waals surface area contributed by atoms with Gasteiger partial charge < -0.3 is 14.8 Å². The normalized spacial score (nSPS) is 13.0. The van der Waals surface area contributed by atoms with Gasteiger partial charge in [0.05, 0.1) is 12.5 Å². The third-order valence-corrected chi connectivity index (χ3v) is 2.66. The standard InChI is InChI=1S/C12H12N4O2/c1-7(13)12-14-11(18-16-12)6-9-8-4-2-3-5-10(8)17-15-9/h2-5,7H,6,13H2,1H3/t7-/m0/s1. The highest BCUT2D eigenvalue weighted by atomic mass is 16.5. The fourth-order valence-electron chi connectivity index (χ4n) is 1.73. The lowest BCUT2D eigenvalue weighted by Gasteiger charge is -1.93. The molecule has 0 aliphatic heterocycles. The second kappa shape index (κ2) is 4.23. The van der Waals surface area contributed by atoms with Gasteiger partial charge in [0.1, 0.15) is 5.69 Å². The molecule has 6 heteroatoms. The lowest BCUT2D eigenvalue weighted by Crippen LogP contribution is -2.06. The maximum Gasteiger partial charge on any atom is 0.232 e. The van der Waals surface area contributed by atoms with Crippen LogP contribution >= 0.6 is 0 Å². The highest BCUT2D eigenvalue weighted by Gasteiger charge is 2.14. The Morgan fingerprint density at radius 3 is 2.83 bits per heavy atom. The minimum Gasteiger partial charge on any atom is -0.356 e. The van der Waals surface area contributed by atoms with Crippen molar-refractivity contribution in [2.24, 2.45) is 5.73 Å². The zero-order chi connectivity index (χ0) is 12.5. The first kappa shape index (κ1) is 10.9. The molecule has 92 valence electrons. The van der Waals surface area contributed by atoms with E-state index < -0.39 is 0 Å². The number of para-hydroxylation sites is 1. The molecule has 0 amide bonds. The Labute approximate surface area is 103 Å². The van der Waals surface area contributed by atoms with E-state index in [0.717, 1.165) is 16.7 Å². The highest BCUT2D eigenvalue weighted by molar-refractivity contribution is 5.79. The molecule has 3 rings (SSSR count). The van der Waals surface area contributed by atoms with Gasteiger partial charge in [-0.1, -0.05) is 22.4 Å². The number of hydrogen-bond donors (Lipinski definition) is 1. The Kier molecular flexibility index (Phi) is 2.56. The number of aromatic nitrogens is 3. The maximum absolute atomic E-state index is 5.67. The van der Waals surface area contributed by atoms with Crippen molar-refractivity contribution >= 4 is 11.0 Å². The van der Waals surface area contributed by atoms with Gasteiger partial charge in [0, 0.05) is 5.39 Å². The van der Waals surface area contributed by atoms with Crippen LogP contribution in [0.2, 0.25) is 0 Å². The van der Waals surface area contributed by atoms with E-state index in [1.165, 1.54) is 0 Å². The summed E-state index contributed by atoms with van der Waals surface area (Å²) in [6.07, 6.45) is 0.441. The van der Waals surface area contributed by atoms with Crippen molar-refractivity contribution in [3.05, 3.63) is 41.7 Å². The van der Waals surface area contributed by atoms with Crippen molar-refractivity contribution in [2.45, 2.75) is 19.4 Å². The summed E-state index contributed by atoms with van der Waals surface area (Å²) in [7, 11) is 0. The summed E-state index contributed by atoms with van der Waals surface area (Å²) in [5, 5.41) is 8.77. The van der Waals surface area contributed by atoms with Crippen LogP contribution in [-0.4, -0.2) is 15.3 Å². The monoisotopic (exact) mass is 244 g/mol. The smallest absolute Gasteiger partial charge is 0.232 e. The van der Waals surface area contributed by atoms with E-state index in [1.807, 2.05) is 24.3 Å². The van der Waals surface area contributed by atoms with Gasteiger partial charge in [-0.05, 0) is 19.1 Å². The fourth-order valence-corrected chi connectivity index (χ4v) is 1.73. The van der Waals surface area contributed by atoms with Crippen molar-refractivity contribution in [3.8, 4) is 0 Å². The minimum absolute atomic E-state index is 0.239. The zero-order valence-corrected chi connectivity index (χ0v) is 9.83. The predicted molar refractivity (Wildman–Crippen MR) is 63.7 cm³/mol. The molecule has 2 heterocycles. The molecular weight excluding hydrogens is 232 g/mol. The minimum atomic E-state index is -0.239. The summed E-state index contributed by atoms with van der Waals surface area (Å²) in [6.45, 7) is 1.81. The third kappa shape index (κ3) is 1.86. The number of rotatable bonds is 3. The first-order chi connectivity index (χ1) is 8.74. The topological polar surface area (TPSA) is 91.0 Å². The zero-order valence-electron chi connectivity index (χ0n) is 9.83. The molecule has 0 spiro atoms. The summed E-state index contributed by atoms with van der Waals surface area (Å²) in [5.74, 6) is 0.985. The summed E-state index contributed by atoms with van der Waals surface area (Å²) in [6, 6.07) is 7.41. The molecule has 2 N–H and O–H groups in total. The fraction of sp³-hybridized carbons (Fsp3) is 0.250. The van der Waals surface area contributed by atoms with Crippen LogP contribution in [0.5, 0.6) is 0 Å². The maximum atomic E-state index is 5.67. The summed E-state index contributed by atoms with van der Waals surface area (Å²) in [5.41, 5.74) is 7.20. The van der Waals surface area contributed by atoms with Crippen LogP contribution < -0.4 is 5.73 Å². The average molecular weight is 244 g/mol. The van der Waals surface area contributed by atoms with E-state index in [4.69, 9.17) is 14.8 Å². The molecule has 0 radical (unpaired) electrons. The van der Waals surface area contributed by atoms with Crippen LogP contribution in [0.25, 0.3) is 11.0 Å². The molecule has 18 heavy (non-hydrogen) atoms. The molecule has 6 nitrogen and oxygen atoms in total. The van der Waals surface area contributed by atoms with Gasteiger partial charge in [0.15, 0.2) is 11.4 Å². The SMILES string of the molecule is C[C@H](N)c1noc(Cc2noc3ccccc23)n1. The molecular formula is C12H12N4O2. The molecule has 0 aliphatic carbocycles. The van der Waals surface area contributed by atoms with E-state index in [1.54, 1.807) is 6.92 Å². The lowest BCUT2D eigenvalue weighted by atomic mass is 10.2. The Bertz CT molecular complexity index is 671. The number of hydrogen-bond acceptors (Lipinski definition) is 6. The van der Waals surface area contributed by atoms with Crippen LogP contribution in [0, 0.1) is 0 Å². The number of nitrogens with two attached hydrogens (primary N) is 1. The largest absolute Gasteiger partial charge is 0.356 e. The Morgan fingerprint density at radius 2 is 2.06 bits per heavy atom. The second-order valence-electron chi connectivity index (χ2n) is 4.14. The van der Waals surface area contributed by atoms with Crippen LogP contribution in [-0.2, 0) is 6.42 Å². The van der Waals surface area contributed by atoms with E-state index in [2.05, 4.69) is 15.3 Å². The van der Waals surface area contributed by atoms with E-state index in [0.29, 0.717) is 18.1 Å². The van der Waals surface area contributed by atoms with E-state index >= 15 is 0 Å². The van der Waals surface area contributed by atoms with Gasteiger partial charge in [0.2, 0.25) is 5.89 Å². The molecule has 1 aromatic carbocycles. The van der Waals surface area contributed by atoms with Gasteiger partial charge in [-0.2, -0.15) is 4.98 Å². The molecule has 0 fully saturated rings. The number of nitrogens with zero attached hydrogens (tertiary/aromatic N) is 3. The lowest BCUT2D eigenvalue weighted by molar-refractivity contribution is 0.372. The molecule has 0 aliphatic rings. The number of benzene rings is 1. The summed E-state index contributed by atoms with van der Waals surface area (Å²) >= 11 is 0. The molecule has 3 aromatic rings. The van der Waals surface area contributed by atoms with Crippen molar-refractivity contribution < 1.29 is 9.05 Å². The third-order valence-electron chi connectivity index (χ3n) is 2.66. The molecule has 1 atom stereocenters. The quantitative estimate of drug-likeness (QED) is 0.755. The molecule has 0 unspecified atom stereocenters. The molecule has 0 saturated carbocycles. The number of fused-ring (bicyclic) bond motifs is 1. The van der Waals surface area contributed by atoms with Crippen molar-refractivity contribution in [3.63, 3.8) is 0 Å². The molecule has 2 aromatic heterocycles. The molecule has 0 saturated heterocycles. The first-order valence-electron chi connectivity index (χ1n) is 5.65. The van der Waals surface area contributed by atoms with Crippen LogP contribution in [0.1, 0.15) is 30.4 Å². The van der Waals surface area contributed by atoms with Gasteiger partial charge in [0.25, 0.3) is 0 Å². The summed E-state index contributed by atoms with van der Waals surface area (Å²) < 4.78 is 10.3. The Morgan fingerprint density at radius 1 is 1.22 bits per heavy atom. The average Bonchev–Trinajstić information content (AvgIpc) is 2.98. The van der Waals surface area contributed by atoms with Crippen molar-refractivity contribution in [1.82, 2.24) is 15.3 Å². The van der Waals surface area contributed by atoms with Crippen LogP contribution in [0.15, 0.2) is 33.3 Å². The van der Waals surface area contributed by atoms with E-state index in [9.17, 15) is 0 Å². The highest BCUT2D eigenvalue weighted by Crippen LogP contribution is 2.20. The van der Waals surface area contributed by atoms with Crippen molar-refractivity contribution in [2.75, 3.05) is 0 Å². The Balaban J connectivity index is 1.91. The predicted octanol–water partition coefficient (Wildman–Crippen LogP) is 1.82. The van der Waals surface area contributed by atoms with Crippen molar-refractivity contribution in [1.29, 1.82) is 0 Å². The van der Waals surface area contributed by atoms with Gasteiger partial charge >= 0.3 is 0 Å². The molecule has 0 bridgehead atoms. The Hall–Kier alpha value is -2.21. The van der Waals surface area contributed by atoms with Crippen LogP contribution in [0.3, 0.4) is 0 Å². The van der Waals surface area contributed by atoms with Gasteiger partial charge in [-0.25, -0.2) is 0 Å². The van der Waals surface area contributed by atoms with Gasteiger partial charge in [-0.3, -0.25) is 0 Å². The van der Waals surface area contributed by atoms with E-state index in [-0.39, 0.29) is 6.04 Å². The first-order valence-corrected chi connectivity index (χ1v) is 5.65. The van der Waals surface area contributed by atoms with Gasteiger partial charge in [-0.15, -0.1) is 0 Å².